The fourth-order valence-corrected chi connectivity index (χ4v) is 3.77. The van der Waals surface area contributed by atoms with Crippen molar-refractivity contribution >= 4 is 28.4 Å². The van der Waals surface area contributed by atoms with Gasteiger partial charge in [-0.05, 0) is 42.8 Å². The van der Waals surface area contributed by atoms with Crippen molar-refractivity contribution in [3.63, 3.8) is 0 Å². The topological polar surface area (TPSA) is 117 Å². The van der Waals surface area contributed by atoms with E-state index < -0.39 is 6.04 Å². The quantitative estimate of drug-likeness (QED) is 0.525. The first-order chi connectivity index (χ1) is 15.0. The molecule has 0 saturated heterocycles. The number of ketones is 1. The Balaban J connectivity index is 1.46. The number of likely N-dealkylation sites (N-methyl/N-ethyl adjacent to an activating group) is 1. The molecule has 2 N–H and O–H groups in total. The van der Waals surface area contributed by atoms with Crippen LogP contribution in [-0.2, 0) is 16.1 Å². The van der Waals surface area contributed by atoms with E-state index in [1.807, 2.05) is 42.5 Å². The van der Waals surface area contributed by atoms with Crippen molar-refractivity contribution in [1.29, 1.82) is 0 Å². The van der Waals surface area contributed by atoms with Crippen LogP contribution in [0.15, 0.2) is 47.0 Å². The molecule has 0 bridgehead atoms. The van der Waals surface area contributed by atoms with Crippen molar-refractivity contribution in [2.75, 3.05) is 12.4 Å². The molecule has 5 rings (SSSR count). The molecule has 31 heavy (non-hydrogen) atoms. The molecule has 1 amide bonds. The molecule has 1 atom stereocenters. The molecule has 1 aliphatic heterocycles. The molecule has 156 valence electrons. The number of hydrogen-bond donors (Lipinski definition) is 2. The predicted octanol–water partition coefficient (Wildman–Crippen LogP) is 3.01. The van der Waals surface area contributed by atoms with Crippen LogP contribution in [0.5, 0.6) is 0 Å². The maximum absolute atomic E-state index is 12.6. The van der Waals surface area contributed by atoms with Crippen LogP contribution in [0.3, 0.4) is 0 Å². The molecule has 2 aromatic heterocycles. The van der Waals surface area contributed by atoms with E-state index in [2.05, 4.69) is 25.4 Å². The lowest BCUT2D eigenvalue weighted by Gasteiger charge is -2.19. The van der Waals surface area contributed by atoms with E-state index in [4.69, 9.17) is 4.52 Å². The Morgan fingerprint density at radius 3 is 2.87 bits per heavy atom. The van der Waals surface area contributed by atoms with E-state index in [1.54, 1.807) is 11.9 Å². The Morgan fingerprint density at radius 2 is 2.06 bits per heavy atom. The number of carbonyl (C=O) groups excluding carboxylic acids is 2. The van der Waals surface area contributed by atoms with Gasteiger partial charge in [-0.15, -0.1) is 0 Å². The van der Waals surface area contributed by atoms with Crippen LogP contribution in [0.25, 0.3) is 34.1 Å². The van der Waals surface area contributed by atoms with Crippen molar-refractivity contribution in [3.05, 3.63) is 48.0 Å². The SMILES string of the molecule is CC(=O)C[C@@H]1Nc2ccc(-c3nc(-c4nc5ccccc5[nH]4)no3)cc2CN(C)C1=O. The maximum atomic E-state index is 12.6. The van der Waals surface area contributed by atoms with Gasteiger partial charge in [-0.1, -0.05) is 17.3 Å². The first-order valence-electron chi connectivity index (χ1n) is 9.91. The summed E-state index contributed by atoms with van der Waals surface area (Å²) in [6.45, 7) is 1.90. The van der Waals surface area contributed by atoms with Gasteiger partial charge in [-0.3, -0.25) is 9.59 Å². The van der Waals surface area contributed by atoms with Crippen molar-refractivity contribution in [1.82, 2.24) is 25.0 Å². The van der Waals surface area contributed by atoms with Gasteiger partial charge in [0, 0.05) is 31.3 Å². The molecule has 9 heteroatoms. The summed E-state index contributed by atoms with van der Waals surface area (Å²) < 4.78 is 5.48. The van der Waals surface area contributed by atoms with Gasteiger partial charge < -0.3 is 19.7 Å². The minimum absolute atomic E-state index is 0.0386. The number of aromatic amines is 1. The Kier molecular flexibility index (Phi) is 4.50. The van der Waals surface area contributed by atoms with Crippen LogP contribution >= 0.6 is 0 Å². The predicted molar refractivity (Wildman–Crippen MR) is 114 cm³/mol. The largest absolute Gasteiger partial charge is 0.373 e. The highest BCUT2D eigenvalue weighted by Crippen LogP contribution is 2.29. The van der Waals surface area contributed by atoms with Crippen molar-refractivity contribution < 1.29 is 14.1 Å². The number of benzene rings is 2. The lowest BCUT2D eigenvalue weighted by Crippen LogP contribution is -2.39. The van der Waals surface area contributed by atoms with Crippen LogP contribution < -0.4 is 5.32 Å². The van der Waals surface area contributed by atoms with Crippen molar-refractivity contribution in [3.8, 4) is 23.1 Å². The highest BCUT2D eigenvalue weighted by atomic mass is 16.5. The third kappa shape index (κ3) is 3.54. The maximum Gasteiger partial charge on any atom is 0.258 e. The second-order valence-electron chi connectivity index (χ2n) is 7.69. The zero-order chi connectivity index (χ0) is 21.5. The molecule has 0 spiro atoms. The minimum Gasteiger partial charge on any atom is -0.373 e. The van der Waals surface area contributed by atoms with Gasteiger partial charge in [0.2, 0.25) is 11.7 Å². The van der Waals surface area contributed by atoms with Gasteiger partial charge >= 0.3 is 0 Å². The number of aromatic nitrogens is 4. The zero-order valence-corrected chi connectivity index (χ0v) is 17.0. The van der Waals surface area contributed by atoms with Gasteiger partial charge in [-0.25, -0.2) is 4.98 Å². The number of imidazole rings is 1. The second-order valence-corrected chi connectivity index (χ2v) is 7.69. The minimum atomic E-state index is -0.572. The molecular formula is C22H20N6O3. The standard InChI is InChI=1S/C22H20N6O3/c1-12(29)9-18-22(30)28(2)11-14-10-13(7-8-15(14)23-18)21-26-20(27-31-21)19-24-16-5-3-4-6-17(16)25-19/h3-8,10,18,23H,9,11H2,1-2H3,(H,24,25)/t18-/m0/s1. The molecule has 0 radical (unpaired) electrons. The third-order valence-corrected chi connectivity index (χ3v) is 5.28. The Bertz CT molecular complexity index is 1270. The molecule has 2 aromatic carbocycles. The number of Topliss-reactive ketones (excluding diaryl/α,β-unsaturated/α-hetero) is 1. The molecule has 4 aromatic rings. The molecule has 1 aliphatic rings. The number of carbonyl (C=O) groups is 2. The fraction of sp³-hybridized carbons (Fsp3) is 0.227. The molecule has 0 unspecified atom stereocenters. The summed E-state index contributed by atoms with van der Waals surface area (Å²) in [7, 11) is 1.73. The Hall–Kier alpha value is -4.01. The number of para-hydroxylation sites is 2. The number of amides is 1. The van der Waals surface area contributed by atoms with Crippen LogP contribution in [0.2, 0.25) is 0 Å². The number of rotatable bonds is 4. The summed E-state index contributed by atoms with van der Waals surface area (Å²) in [5.41, 5.74) is 4.18. The first kappa shape index (κ1) is 19.0. The summed E-state index contributed by atoms with van der Waals surface area (Å²) in [6, 6.07) is 12.8. The lowest BCUT2D eigenvalue weighted by atomic mass is 10.1. The summed E-state index contributed by atoms with van der Waals surface area (Å²) in [6.07, 6.45) is 0.148. The summed E-state index contributed by atoms with van der Waals surface area (Å²) in [5.74, 6) is 1.11. The highest BCUT2D eigenvalue weighted by molar-refractivity contribution is 5.91. The lowest BCUT2D eigenvalue weighted by molar-refractivity contribution is -0.132. The van der Waals surface area contributed by atoms with Crippen LogP contribution in [0, 0.1) is 0 Å². The average molecular weight is 416 g/mol. The zero-order valence-electron chi connectivity index (χ0n) is 17.0. The van der Waals surface area contributed by atoms with Crippen LogP contribution in [-0.4, -0.2) is 49.8 Å². The summed E-state index contributed by atoms with van der Waals surface area (Å²) in [4.78, 5) is 37.9. The number of hydrogen-bond acceptors (Lipinski definition) is 7. The van der Waals surface area contributed by atoms with E-state index in [-0.39, 0.29) is 18.1 Å². The molecule has 0 aliphatic carbocycles. The third-order valence-electron chi connectivity index (χ3n) is 5.28. The average Bonchev–Trinajstić information content (AvgIpc) is 3.38. The molecule has 0 saturated carbocycles. The highest BCUT2D eigenvalue weighted by Gasteiger charge is 2.28. The van der Waals surface area contributed by atoms with Gasteiger partial charge in [0.15, 0.2) is 5.82 Å². The van der Waals surface area contributed by atoms with Gasteiger partial charge in [0.1, 0.15) is 11.8 Å². The fourth-order valence-electron chi connectivity index (χ4n) is 3.77. The molecular weight excluding hydrogens is 396 g/mol. The Labute approximate surface area is 177 Å². The normalized spacial score (nSPS) is 16.1. The Morgan fingerprint density at radius 1 is 1.23 bits per heavy atom. The summed E-state index contributed by atoms with van der Waals surface area (Å²) in [5, 5.41) is 7.26. The van der Waals surface area contributed by atoms with Crippen LogP contribution in [0.4, 0.5) is 5.69 Å². The van der Waals surface area contributed by atoms with Crippen LogP contribution in [0.1, 0.15) is 18.9 Å². The van der Waals surface area contributed by atoms with Gasteiger partial charge in [-0.2, -0.15) is 4.98 Å². The van der Waals surface area contributed by atoms with E-state index in [9.17, 15) is 9.59 Å². The number of fused-ring (bicyclic) bond motifs is 2. The van der Waals surface area contributed by atoms with E-state index in [0.29, 0.717) is 24.1 Å². The number of anilines is 1. The number of nitrogens with one attached hydrogen (secondary N) is 2. The van der Waals surface area contributed by atoms with E-state index in [0.717, 1.165) is 27.8 Å². The molecule has 3 heterocycles. The monoisotopic (exact) mass is 416 g/mol. The van der Waals surface area contributed by atoms with Gasteiger partial charge in [0.05, 0.1) is 11.0 Å². The number of H-pyrrole nitrogens is 1. The second kappa shape index (κ2) is 7.35. The molecule has 9 nitrogen and oxygen atoms in total. The molecule has 0 fully saturated rings. The number of nitrogens with zero attached hydrogens (tertiary/aromatic N) is 4. The smallest absolute Gasteiger partial charge is 0.258 e. The summed E-state index contributed by atoms with van der Waals surface area (Å²) >= 11 is 0. The van der Waals surface area contributed by atoms with E-state index in [1.165, 1.54) is 6.92 Å². The van der Waals surface area contributed by atoms with Crippen molar-refractivity contribution in [2.24, 2.45) is 0 Å². The van der Waals surface area contributed by atoms with Gasteiger partial charge in [0.25, 0.3) is 5.89 Å². The van der Waals surface area contributed by atoms with Crippen molar-refractivity contribution in [2.45, 2.75) is 25.9 Å². The first-order valence-corrected chi connectivity index (χ1v) is 9.91. The van der Waals surface area contributed by atoms with E-state index >= 15 is 0 Å².